The van der Waals surface area contributed by atoms with Crippen LogP contribution in [0.2, 0.25) is 0 Å². The summed E-state index contributed by atoms with van der Waals surface area (Å²) in [5.41, 5.74) is 1.34. The Hall–Kier alpha value is -5.17. The molecule has 0 aliphatic carbocycles. The Morgan fingerprint density at radius 3 is 2.51 bits per heavy atom. The van der Waals surface area contributed by atoms with Gasteiger partial charge in [-0.2, -0.15) is 0 Å². The number of hydrogen-bond acceptors (Lipinski definition) is 11. The third-order valence-electron chi connectivity index (χ3n) is 7.19. The Bertz CT molecular complexity index is 1990. The lowest BCUT2D eigenvalue weighted by molar-refractivity contribution is -0.384. The molecule has 2 aromatic carbocycles. The normalized spacial score (nSPS) is 14.5. The van der Waals surface area contributed by atoms with Crippen molar-refractivity contribution in [1.29, 1.82) is 0 Å². The predicted molar refractivity (Wildman–Crippen MR) is 167 cm³/mol. The Morgan fingerprint density at radius 1 is 1.07 bits per heavy atom. The van der Waals surface area contributed by atoms with Crippen LogP contribution in [-0.4, -0.2) is 43.4 Å². The van der Waals surface area contributed by atoms with Crippen LogP contribution >= 0.6 is 11.3 Å². The zero-order valence-corrected chi connectivity index (χ0v) is 26.1. The number of allylic oxidation sites excluding steroid dienone is 1. The number of esters is 1. The van der Waals surface area contributed by atoms with Crippen molar-refractivity contribution >= 4 is 29.1 Å². The highest BCUT2D eigenvalue weighted by Gasteiger charge is 2.36. The predicted octanol–water partition coefficient (Wildman–Crippen LogP) is 4.77. The molecule has 12 nitrogen and oxygen atoms in total. The summed E-state index contributed by atoms with van der Waals surface area (Å²) in [4.78, 5) is 43.5. The summed E-state index contributed by atoms with van der Waals surface area (Å²) in [6.45, 7) is 3.85. The van der Waals surface area contributed by atoms with E-state index in [-0.39, 0.29) is 23.6 Å². The monoisotopic (exact) mass is 633 g/mol. The van der Waals surface area contributed by atoms with Gasteiger partial charge in [0.05, 0.1) is 60.3 Å². The second-order valence-electron chi connectivity index (χ2n) is 9.87. The van der Waals surface area contributed by atoms with Gasteiger partial charge in [0.1, 0.15) is 34.8 Å². The smallest absolute Gasteiger partial charge is 0.338 e. The van der Waals surface area contributed by atoms with Crippen LogP contribution in [-0.2, 0) is 9.53 Å². The van der Waals surface area contributed by atoms with E-state index >= 15 is 0 Å². The summed E-state index contributed by atoms with van der Waals surface area (Å²) in [6.07, 6.45) is 2.79. The van der Waals surface area contributed by atoms with Gasteiger partial charge >= 0.3 is 5.97 Å². The van der Waals surface area contributed by atoms with Crippen molar-refractivity contribution in [2.75, 3.05) is 27.9 Å². The van der Waals surface area contributed by atoms with E-state index in [1.165, 1.54) is 38.0 Å². The topological polar surface area (TPSA) is 145 Å². The fraction of sp³-hybridized carbons (Fsp3) is 0.281. The van der Waals surface area contributed by atoms with Gasteiger partial charge in [-0.05, 0) is 49.7 Å². The van der Waals surface area contributed by atoms with E-state index in [0.717, 1.165) is 11.3 Å². The van der Waals surface area contributed by atoms with Crippen molar-refractivity contribution in [2.24, 2.45) is 4.99 Å². The SMILES string of the molecule is CCCC1=C(C(=O)OCC)[C@@H](c2cc(OC)ccc2OC)n2c(s/c(=C\c3ccc(-c4ccc([N+](=O)[O-])cc4OC)o3)c2=O)=N1. The van der Waals surface area contributed by atoms with Crippen molar-refractivity contribution in [3.8, 4) is 28.6 Å². The number of thiazole rings is 1. The fourth-order valence-electron chi connectivity index (χ4n) is 5.17. The molecule has 13 heteroatoms. The van der Waals surface area contributed by atoms with Gasteiger partial charge in [-0.25, -0.2) is 9.79 Å². The average molecular weight is 634 g/mol. The number of nitro benzene ring substituents is 1. The van der Waals surface area contributed by atoms with Crippen LogP contribution in [0.25, 0.3) is 17.4 Å². The van der Waals surface area contributed by atoms with Gasteiger partial charge in [-0.15, -0.1) is 0 Å². The lowest BCUT2D eigenvalue weighted by Gasteiger charge is -2.27. The third kappa shape index (κ3) is 5.98. The van der Waals surface area contributed by atoms with Crippen LogP contribution < -0.4 is 29.1 Å². The maximum atomic E-state index is 14.1. The molecule has 1 atom stereocenters. The number of furan rings is 1. The molecule has 0 bridgehead atoms. The number of aromatic nitrogens is 1. The molecule has 0 unspecified atom stereocenters. The molecule has 1 aliphatic heterocycles. The van der Waals surface area contributed by atoms with E-state index in [1.54, 1.807) is 49.4 Å². The first-order valence-electron chi connectivity index (χ1n) is 14.1. The first-order chi connectivity index (χ1) is 21.7. The molecule has 45 heavy (non-hydrogen) atoms. The van der Waals surface area contributed by atoms with Crippen LogP contribution in [0.3, 0.4) is 0 Å². The summed E-state index contributed by atoms with van der Waals surface area (Å²) in [5.74, 6) is 1.45. The van der Waals surface area contributed by atoms with Gasteiger partial charge in [0.15, 0.2) is 4.80 Å². The highest BCUT2D eigenvalue weighted by atomic mass is 32.1. The molecule has 234 valence electrons. The van der Waals surface area contributed by atoms with Gasteiger partial charge in [-0.3, -0.25) is 19.5 Å². The van der Waals surface area contributed by atoms with E-state index in [4.69, 9.17) is 28.4 Å². The maximum Gasteiger partial charge on any atom is 0.338 e. The standard InChI is InChI=1S/C32H31N3O9S/c1-6-8-23-28(31(37)43-7-2)29(22-16-19(40-3)10-13-24(22)41-4)34-30(36)27(45-32(34)33-23)17-20-11-14-25(44-20)21-12-9-18(35(38)39)15-26(21)42-5/h9-17,29H,6-8H2,1-5H3/b27-17-/t29-/m1/s1. The van der Waals surface area contributed by atoms with E-state index in [1.807, 2.05) is 6.92 Å². The number of carbonyl (C=O) groups is 1. The minimum absolute atomic E-state index is 0.115. The van der Waals surface area contributed by atoms with Crippen LogP contribution in [0.1, 0.15) is 44.1 Å². The van der Waals surface area contributed by atoms with Gasteiger partial charge in [0.25, 0.3) is 11.2 Å². The van der Waals surface area contributed by atoms with E-state index in [9.17, 15) is 19.7 Å². The third-order valence-corrected chi connectivity index (χ3v) is 8.17. The second-order valence-corrected chi connectivity index (χ2v) is 10.9. The molecule has 1 aliphatic rings. The average Bonchev–Trinajstić information content (AvgIpc) is 3.63. The Kier molecular flexibility index (Phi) is 9.18. The Morgan fingerprint density at radius 2 is 1.84 bits per heavy atom. The van der Waals surface area contributed by atoms with Crippen LogP contribution in [0, 0.1) is 10.1 Å². The molecule has 0 spiro atoms. The molecule has 5 rings (SSSR count). The summed E-state index contributed by atoms with van der Waals surface area (Å²) >= 11 is 1.16. The number of methoxy groups -OCH3 is 3. The summed E-state index contributed by atoms with van der Waals surface area (Å²) in [7, 11) is 4.47. The van der Waals surface area contributed by atoms with Crippen LogP contribution in [0.4, 0.5) is 5.69 Å². The van der Waals surface area contributed by atoms with E-state index in [2.05, 4.69) is 0 Å². The summed E-state index contributed by atoms with van der Waals surface area (Å²) < 4.78 is 29.8. The molecule has 0 saturated carbocycles. The molecule has 0 radical (unpaired) electrons. The number of fused-ring (bicyclic) bond motifs is 1. The van der Waals surface area contributed by atoms with Gasteiger partial charge in [0.2, 0.25) is 0 Å². The highest BCUT2D eigenvalue weighted by molar-refractivity contribution is 7.07. The van der Waals surface area contributed by atoms with Gasteiger partial charge in [0, 0.05) is 17.7 Å². The number of hydrogen-bond donors (Lipinski definition) is 0. The zero-order chi connectivity index (χ0) is 32.2. The number of nitrogens with zero attached hydrogens (tertiary/aromatic N) is 3. The minimum Gasteiger partial charge on any atom is -0.497 e. The van der Waals surface area contributed by atoms with Crippen molar-refractivity contribution < 1.29 is 33.1 Å². The first kappa shape index (κ1) is 31.3. The van der Waals surface area contributed by atoms with Gasteiger partial charge in [-0.1, -0.05) is 24.7 Å². The molecule has 2 aromatic heterocycles. The minimum atomic E-state index is -0.898. The van der Waals surface area contributed by atoms with Crippen molar-refractivity contribution in [3.63, 3.8) is 0 Å². The van der Waals surface area contributed by atoms with Crippen LogP contribution in [0.15, 0.2) is 74.0 Å². The highest BCUT2D eigenvalue weighted by Crippen LogP contribution is 2.39. The summed E-state index contributed by atoms with van der Waals surface area (Å²) in [5, 5.41) is 11.2. The molecule has 3 heterocycles. The number of carbonyl (C=O) groups excluding carboxylic acids is 1. The van der Waals surface area contributed by atoms with E-state index < -0.39 is 22.5 Å². The number of rotatable bonds is 11. The molecule has 0 amide bonds. The van der Waals surface area contributed by atoms with Crippen LogP contribution in [0.5, 0.6) is 17.2 Å². The fourth-order valence-corrected chi connectivity index (χ4v) is 6.17. The Labute approximate surface area is 261 Å². The molecular weight excluding hydrogens is 602 g/mol. The maximum absolute atomic E-state index is 14.1. The largest absolute Gasteiger partial charge is 0.497 e. The van der Waals surface area contributed by atoms with Gasteiger partial charge < -0.3 is 23.4 Å². The number of nitro groups is 1. The zero-order valence-electron chi connectivity index (χ0n) is 25.3. The molecule has 0 saturated heterocycles. The molecule has 0 fully saturated rings. The van der Waals surface area contributed by atoms with E-state index in [0.29, 0.717) is 62.0 Å². The second kappa shape index (κ2) is 13.2. The van der Waals surface area contributed by atoms with Crippen molar-refractivity contribution in [2.45, 2.75) is 32.7 Å². The Balaban J connectivity index is 1.69. The lowest BCUT2D eigenvalue weighted by Crippen LogP contribution is -2.40. The molecular formula is C32H31N3O9S. The van der Waals surface area contributed by atoms with Crippen molar-refractivity contribution in [3.05, 3.63) is 101 Å². The number of non-ortho nitro benzene ring substituents is 1. The number of ether oxygens (including phenoxy) is 4. The van der Waals surface area contributed by atoms with Crippen molar-refractivity contribution in [1.82, 2.24) is 4.57 Å². The first-order valence-corrected chi connectivity index (χ1v) is 14.9. The molecule has 4 aromatic rings. The molecule has 0 N–H and O–H groups in total. The quantitative estimate of drug-likeness (QED) is 0.130. The summed E-state index contributed by atoms with van der Waals surface area (Å²) in [6, 6.07) is 11.9. The lowest BCUT2D eigenvalue weighted by atomic mass is 9.93. The number of benzene rings is 2.